The summed E-state index contributed by atoms with van der Waals surface area (Å²) in [6.45, 7) is 0. The Balaban J connectivity index is 0.725. The maximum Gasteiger partial charge on any atom is 0.0702 e. The number of hydrogen-bond donors (Lipinski definition) is 0. The Bertz CT molecular complexity index is 3640. The smallest absolute Gasteiger partial charge is 0.0702 e. The second-order valence-corrected chi connectivity index (χ2v) is 22.5. The molecule has 0 saturated heterocycles. The van der Waals surface area contributed by atoms with Gasteiger partial charge in [-0.05, 0) is 206 Å². The first-order valence-electron chi connectivity index (χ1n) is 29.0. The fourth-order valence-corrected chi connectivity index (χ4v) is 13.2. The summed E-state index contributed by atoms with van der Waals surface area (Å²) in [6, 6.07) is 82.1. The van der Waals surface area contributed by atoms with E-state index in [1.165, 1.54) is 186 Å². The zero-order chi connectivity index (χ0) is 51.4. The third-order valence-electron chi connectivity index (χ3n) is 17.7. The van der Waals surface area contributed by atoms with E-state index in [1.807, 2.05) is 0 Å². The lowest BCUT2D eigenvalue weighted by atomic mass is 9.70. The van der Waals surface area contributed by atoms with Gasteiger partial charge in [0.15, 0.2) is 0 Å². The van der Waals surface area contributed by atoms with Crippen molar-refractivity contribution in [2.75, 3.05) is 0 Å². The highest BCUT2D eigenvalue weighted by Gasteiger charge is 2.42. The average molecular weight is 996 g/mol. The number of aromatic nitrogens is 1. The van der Waals surface area contributed by atoms with Gasteiger partial charge in [0.2, 0.25) is 0 Å². The minimum atomic E-state index is 0.000373. The standard InChI is InChI=1S/C76H69N/c1(6-18-54-32-34-57-36-38-67(57)46-54)3-12-44-76(45-13-4-2-7-19-55-33-35-58-37-39-68(58)47-55)73-31-11-10-30-71(73)72-42-40-69(52-74(72)76)75-43-41-70(53-77-75)66-29-17-28-65(51-66)64-27-16-26-63(50-64)62-25-15-24-61(49-62)60-23-14-22-59(48-60)56-20-8-5-9-21-56/h5,8-11,14-17,20-35,40-43,46-53H,1-4,6-7,12-13,18-19,36-39,44-45H2. The highest BCUT2D eigenvalue weighted by molar-refractivity contribution is 5.84. The molecule has 3 aliphatic rings. The summed E-state index contributed by atoms with van der Waals surface area (Å²) in [5.41, 5.74) is 29.5. The van der Waals surface area contributed by atoms with E-state index in [9.17, 15) is 0 Å². The van der Waals surface area contributed by atoms with Crippen molar-refractivity contribution >= 4 is 0 Å². The van der Waals surface area contributed by atoms with Crippen LogP contribution < -0.4 is 0 Å². The molecule has 0 saturated carbocycles. The van der Waals surface area contributed by atoms with Gasteiger partial charge >= 0.3 is 0 Å². The molecule has 1 nitrogen and oxygen atoms in total. The number of benzene rings is 9. The van der Waals surface area contributed by atoms with Gasteiger partial charge in [-0.1, -0.05) is 221 Å². The Morgan fingerprint density at radius 3 is 1.22 bits per heavy atom. The molecule has 77 heavy (non-hydrogen) atoms. The Morgan fingerprint density at radius 1 is 0.286 bits per heavy atom. The van der Waals surface area contributed by atoms with Crippen LogP contribution in [0.1, 0.15) is 109 Å². The second kappa shape index (κ2) is 22.0. The zero-order valence-electron chi connectivity index (χ0n) is 44.6. The van der Waals surface area contributed by atoms with Gasteiger partial charge in [0.1, 0.15) is 0 Å². The Kier molecular flexibility index (Phi) is 13.9. The van der Waals surface area contributed by atoms with Crippen LogP contribution in [0.4, 0.5) is 0 Å². The molecule has 0 atom stereocenters. The molecule has 1 heterocycles. The van der Waals surface area contributed by atoms with Crippen LogP contribution in [-0.2, 0) is 43.9 Å². The van der Waals surface area contributed by atoms with Crippen molar-refractivity contribution in [1.29, 1.82) is 0 Å². The van der Waals surface area contributed by atoms with Crippen LogP contribution in [0.3, 0.4) is 0 Å². The maximum absolute atomic E-state index is 5.23. The fourth-order valence-electron chi connectivity index (χ4n) is 13.2. The molecule has 1 aromatic heterocycles. The number of unbranched alkanes of at least 4 members (excludes halogenated alkanes) is 6. The summed E-state index contributed by atoms with van der Waals surface area (Å²) >= 11 is 0. The van der Waals surface area contributed by atoms with Gasteiger partial charge in [-0.15, -0.1) is 0 Å². The average Bonchev–Trinajstić information content (AvgIpc) is 3.97. The molecule has 0 unspecified atom stereocenters. The van der Waals surface area contributed by atoms with E-state index in [-0.39, 0.29) is 5.41 Å². The monoisotopic (exact) mass is 996 g/mol. The van der Waals surface area contributed by atoms with Gasteiger partial charge in [0.05, 0.1) is 5.69 Å². The number of hydrogen-bond acceptors (Lipinski definition) is 1. The summed E-state index contributed by atoms with van der Waals surface area (Å²) in [6.07, 6.45) is 22.1. The lowest BCUT2D eigenvalue weighted by molar-refractivity contribution is 0.399. The van der Waals surface area contributed by atoms with Crippen LogP contribution in [0.5, 0.6) is 0 Å². The van der Waals surface area contributed by atoms with Crippen molar-refractivity contribution in [2.24, 2.45) is 0 Å². The lowest BCUT2D eigenvalue weighted by Crippen LogP contribution is -2.25. The van der Waals surface area contributed by atoms with Crippen LogP contribution in [0.2, 0.25) is 0 Å². The Hall–Kier alpha value is -7.87. The predicted octanol–water partition coefficient (Wildman–Crippen LogP) is 19.9. The van der Waals surface area contributed by atoms with Crippen molar-refractivity contribution in [3.8, 4) is 78.0 Å². The number of nitrogens with zero attached hydrogens (tertiary/aromatic N) is 1. The molecule has 0 N–H and O–H groups in total. The first kappa shape index (κ1) is 48.8. The molecular weight excluding hydrogens is 927 g/mol. The SMILES string of the molecule is c1ccc(-c2cccc(-c3cccc(-c4cccc(-c5cccc(-c6ccc(-c7ccc8c(c7)C(CCCCCCc7ccc9c(c7)CC9)(CCCCCCc7ccc9c(c7)CC9)c7ccccc7-8)nc6)c5)c4)c3)c2)cc1. The van der Waals surface area contributed by atoms with Crippen LogP contribution in [0, 0.1) is 0 Å². The van der Waals surface area contributed by atoms with Gasteiger partial charge in [-0.25, -0.2) is 0 Å². The fraction of sp³-hybridized carbons (Fsp3) is 0.224. The molecule has 9 aromatic carbocycles. The molecule has 10 aromatic rings. The Labute approximate surface area is 457 Å². The van der Waals surface area contributed by atoms with Crippen molar-refractivity contribution < 1.29 is 0 Å². The van der Waals surface area contributed by atoms with Crippen molar-refractivity contribution in [3.05, 3.63) is 269 Å². The van der Waals surface area contributed by atoms with Crippen LogP contribution in [-0.4, -0.2) is 4.98 Å². The summed E-state index contributed by atoms with van der Waals surface area (Å²) < 4.78 is 0. The topological polar surface area (TPSA) is 12.9 Å². The van der Waals surface area contributed by atoms with Gasteiger partial charge in [-0.3, -0.25) is 4.98 Å². The van der Waals surface area contributed by atoms with E-state index < -0.39 is 0 Å². The maximum atomic E-state index is 5.23. The minimum absolute atomic E-state index is 0.000373. The first-order valence-corrected chi connectivity index (χ1v) is 29.0. The van der Waals surface area contributed by atoms with E-state index in [1.54, 1.807) is 27.8 Å². The minimum Gasteiger partial charge on any atom is -0.256 e. The highest BCUT2D eigenvalue weighted by atomic mass is 14.7. The lowest BCUT2D eigenvalue weighted by Gasteiger charge is -2.33. The Morgan fingerprint density at radius 2 is 0.727 bits per heavy atom. The summed E-state index contributed by atoms with van der Waals surface area (Å²) in [5, 5.41) is 0. The second-order valence-electron chi connectivity index (χ2n) is 22.5. The third-order valence-corrected chi connectivity index (χ3v) is 17.7. The molecule has 0 spiro atoms. The molecule has 3 aliphatic carbocycles. The van der Waals surface area contributed by atoms with Crippen LogP contribution in [0.15, 0.2) is 225 Å². The normalized spacial score (nSPS) is 13.5. The summed E-state index contributed by atoms with van der Waals surface area (Å²) in [5.74, 6) is 0. The van der Waals surface area contributed by atoms with Crippen molar-refractivity contribution in [2.45, 2.75) is 108 Å². The molecule has 0 aliphatic heterocycles. The van der Waals surface area contributed by atoms with Gasteiger partial charge in [0, 0.05) is 22.7 Å². The van der Waals surface area contributed by atoms with E-state index in [0.29, 0.717) is 0 Å². The molecule has 0 bridgehead atoms. The molecule has 378 valence electrons. The number of pyridine rings is 1. The summed E-state index contributed by atoms with van der Waals surface area (Å²) in [4.78, 5) is 5.23. The zero-order valence-corrected chi connectivity index (χ0v) is 44.6. The van der Waals surface area contributed by atoms with Crippen molar-refractivity contribution in [1.82, 2.24) is 4.98 Å². The highest BCUT2D eigenvalue weighted by Crippen LogP contribution is 2.55. The van der Waals surface area contributed by atoms with Crippen molar-refractivity contribution in [3.63, 3.8) is 0 Å². The van der Waals surface area contributed by atoms with E-state index in [2.05, 4.69) is 225 Å². The molecule has 0 fully saturated rings. The quantitative estimate of drug-likeness (QED) is 0.0694. The van der Waals surface area contributed by atoms with Gasteiger partial charge < -0.3 is 0 Å². The first-order chi connectivity index (χ1) is 38.1. The molecule has 0 amide bonds. The number of fused-ring (bicyclic) bond motifs is 5. The van der Waals surface area contributed by atoms with Crippen LogP contribution in [0.25, 0.3) is 78.0 Å². The van der Waals surface area contributed by atoms with E-state index in [4.69, 9.17) is 4.98 Å². The molecule has 1 heteroatoms. The number of aryl methyl sites for hydroxylation is 6. The largest absolute Gasteiger partial charge is 0.256 e. The van der Waals surface area contributed by atoms with E-state index >= 15 is 0 Å². The molecular formula is C76H69N. The molecule has 13 rings (SSSR count). The predicted molar refractivity (Wildman–Crippen MR) is 324 cm³/mol. The molecule has 0 radical (unpaired) electrons. The third kappa shape index (κ3) is 10.3. The van der Waals surface area contributed by atoms with Gasteiger partial charge in [0.25, 0.3) is 0 Å². The van der Waals surface area contributed by atoms with Gasteiger partial charge in [-0.2, -0.15) is 0 Å². The van der Waals surface area contributed by atoms with E-state index in [0.717, 1.165) is 11.3 Å². The van der Waals surface area contributed by atoms with Crippen LogP contribution >= 0.6 is 0 Å². The summed E-state index contributed by atoms with van der Waals surface area (Å²) in [7, 11) is 0. The number of rotatable bonds is 20.